The first-order valence-electron chi connectivity index (χ1n) is 8.82. The maximum atomic E-state index is 14.2. The Bertz CT molecular complexity index is 851. The molecule has 1 aromatic carbocycles. The molecular formula is C19H21FN4O3. The zero-order chi connectivity index (χ0) is 19.4. The third-order valence-electron chi connectivity index (χ3n) is 4.59. The second-order valence-corrected chi connectivity index (χ2v) is 6.67. The van der Waals surface area contributed by atoms with Gasteiger partial charge in [0.15, 0.2) is 5.82 Å². The van der Waals surface area contributed by atoms with Crippen molar-refractivity contribution < 1.29 is 19.1 Å². The van der Waals surface area contributed by atoms with Gasteiger partial charge in [-0.25, -0.2) is 19.2 Å². The molecule has 1 aliphatic rings. The molecule has 8 heteroatoms. The predicted octanol–water partition coefficient (Wildman–Crippen LogP) is 2.84. The van der Waals surface area contributed by atoms with E-state index in [0.717, 1.165) is 31.9 Å². The number of carboxylic acid groups (broad SMARTS) is 1. The van der Waals surface area contributed by atoms with Gasteiger partial charge >= 0.3 is 5.97 Å². The van der Waals surface area contributed by atoms with Crippen LogP contribution in [0.25, 0.3) is 11.3 Å². The summed E-state index contributed by atoms with van der Waals surface area (Å²) in [5, 5.41) is 15.2. The maximum Gasteiger partial charge on any atom is 0.335 e. The average molecular weight is 372 g/mol. The van der Waals surface area contributed by atoms with E-state index in [0.29, 0.717) is 11.5 Å². The summed E-state index contributed by atoms with van der Waals surface area (Å²) in [7, 11) is 0. The van der Waals surface area contributed by atoms with Crippen molar-refractivity contribution in [3.8, 4) is 11.3 Å². The van der Waals surface area contributed by atoms with Crippen LogP contribution in [0.2, 0.25) is 0 Å². The van der Waals surface area contributed by atoms with Gasteiger partial charge in [0.05, 0.1) is 11.8 Å². The summed E-state index contributed by atoms with van der Waals surface area (Å²) in [6.07, 6.45) is 4.48. The van der Waals surface area contributed by atoms with Crippen molar-refractivity contribution >= 4 is 17.8 Å². The second kappa shape index (κ2) is 8.11. The zero-order valence-electron chi connectivity index (χ0n) is 14.9. The van der Waals surface area contributed by atoms with Crippen LogP contribution < -0.4 is 10.6 Å². The number of anilines is 1. The van der Waals surface area contributed by atoms with Gasteiger partial charge in [-0.2, -0.15) is 0 Å². The molecule has 1 aromatic heterocycles. The molecule has 0 saturated heterocycles. The highest BCUT2D eigenvalue weighted by atomic mass is 19.1. The number of halogens is 1. The quantitative estimate of drug-likeness (QED) is 0.746. The summed E-state index contributed by atoms with van der Waals surface area (Å²) in [6, 6.07) is 6.31. The van der Waals surface area contributed by atoms with Gasteiger partial charge in [-0.15, -0.1) is 0 Å². The lowest BCUT2D eigenvalue weighted by Crippen LogP contribution is -2.39. The van der Waals surface area contributed by atoms with Gasteiger partial charge in [0, 0.05) is 24.6 Å². The molecule has 142 valence electrons. The van der Waals surface area contributed by atoms with Crippen molar-refractivity contribution in [1.82, 2.24) is 15.3 Å². The van der Waals surface area contributed by atoms with Crippen molar-refractivity contribution in [3.05, 3.63) is 41.8 Å². The topological polar surface area (TPSA) is 104 Å². The zero-order valence-corrected chi connectivity index (χ0v) is 14.9. The average Bonchev–Trinajstić information content (AvgIpc) is 2.64. The number of rotatable bonds is 5. The van der Waals surface area contributed by atoms with E-state index in [1.807, 2.05) is 0 Å². The molecule has 3 N–H and O–H groups in total. The summed E-state index contributed by atoms with van der Waals surface area (Å²) in [6.45, 7) is 1.51. The Balaban J connectivity index is 1.72. The van der Waals surface area contributed by atoms with Crippen molar-refractivity contribution in [2.75, 3.05) is 5.32 Å². The normalized spacial score (nSPS) is 19.3. The lowest BCUT2D eigenvalue weighted by atomic mass is 9.91. The number of hydrogen-bond acceptors (Lipinski definition) is 5. The van der Waals surface area contributed by atoms with Crippen LogP contribution in [0, 0.1) is 5.82 Å². The number of benzene rings is 1. The summed E-state index contributed by atoms with van der Waals surface area (Å²) >= 11 is 0. The Labute approximate surface area is 156 Å². The predicted molar refractivity (Wildman–Crippen MR) is 97.9 cm³/mol. The summed E-state index contributed by atoms with van der Waals surface area (Å²) in [4.78, 5) is 30.5. The summed E-state index contributed by atoms with van der Waals surface area (Å²) < 4.78 is 14.2. The highest BCUT2D eigenvalue weighted by Gasteiger charge is 2.22. The molecular weight excluding hydrogens is 351 g/mol. The Kier molecular flexibility index (Phi) is 5.63. The minimum atomic E-state index is -1.08. The Hall–Kier alpha value is -3.03. The first-order valence-corrected chi connectivity index (χ1v) is 8.82. The Morgan fingerprint density at radius 3 is 2.56 bits per heavy atom. The van der Waals surface area contributed by atoms with Gasteiger partial charge in [0.2, 0.25) is 11.9 Å². The van der Waals surface area contributed by atoms with Crippen LogP contribution in [0.3, 0.4) is 0 Å². The fraction of sp³-hybridized carbons (Fsp3) is 0.368. The van der Waals surface area contributed by atoms with Crippen molar-refractivity contribution in [2.24, 2.45) is 0 Å². The maximum absolute atomic E-state index is 14.2. The van der Waals surface area contributed by atoms with E-state index in [4.69, 9.17) is 5.11 Å². The first-order chi connectivity index (χ1) is 12.9. The van der Waals surface area contributed by atoms with Crippen molar-refractivity contribution in [2.45, 2.75) is 44.7 Å². The molecule has 1 aliphatic carbocycles. The largest absolute Gasteiger partial charge is 0.478 e. The second-order valence-electron chi connectivity index (χ2n) is 6.67. The number of carbonyl (C=O) groups excluding carboxylic acids is 1. The number of amides is 1. The molecule has 3 rings (SSSR count). The summed E-state index contributed by atoms with van der Waals surface area (Å²) in [5.74, 6) is -1.42. The minimum absolute atomic E-state index is 0.0264. The summed E-state index contributed by atoms with van der Waals surface area (Å²) in [5.41, 5.74) is 0.506. The van der Waals surface area contributed by atoms with E-state index in [9.17, 15) is 14.0 Å². The Morgan fingerprint density at radius 1 is 1.19 bits per heavy atom. The van der Waals surface area contributed by atoms with Gasteiger partial charge in [-0.05, 0) is 37.8 Å². The molecule has 27 heavy (non-hydrogen) atoms. The third-order valence-corrected chi connectivity index (χ3v) is 4.59. The molecule has 1 amide bonds. The van der Waals surface area contributed by atoms with E-state index in [1.165, 1.54) is 19.1 Å². The number of aromatic nitrogens is 2. The standard InChI is InChI=1S/C19H21FN4O3/c1-11(25)22-14-5-7-15(8-6-14)23-19-21-10-16(20)17(24-19)12-3-2-4-13(9-12)18(26)27/h2-4,9-10,14-15H,5-8H2,1H3,(H,22,25)(H,26,27)(H,21,23,24)/t14-,15-. The van der Waals surface area contributed by atoms with Gasteiger partial charge in [0.25, 0.3) is 0 Å². The molecule has 1 fully saturated rings. The van der Waals surface area contributed by atoms with Crippen LogP contribution in [0.15, 0.2) is 30.5 Å². The minimum Gasteiger partial charge on any atom is -0.478 e. The number of nitrogens with one attached hydrogen (secondary N) is 2. The van der Waals surface area contributed by atoms with Crippen LogP contribution in [0.5, 0.6) is 0 Å². The van der Waals surface area contributed by atoms with Gasteiger partial charge < -0.3 is 15.7 Å². The van der Waals surface area contributed by atoms with E-state index < -0.39 is 11.8 Å². The first kappa shape index (κ1) is 18.8. The fourth-order valence-corrected chi connectivity index (χ4v) is 3.29. The molecule has 0 atom stereocenters. The third kappa shape index (κ3) is 4.78. The number of aromatic carboxylic acids is 1. The van der Waals surface area contributed by atoms with Gasteiger partial charge in [-0.3, -0.25) is 4.79 Å². The van der Waals surface area contributed by atoms with E-state index in [1.54, 1.807) is 12.1 Å². The van der Waals surface area contributed by atoms with Gasteiger partial charge in [-0.1, -0.05) is 12.1 Å². The van der Waals surface area contributed by atoms with E-state index >= 15 is 0 Å². The molecule has 2 aromatic rings. The van der Waals surface area contributed by atoms with Crippen molar-refractivity contribution in [1.29, 1.82) is 0 Å². The number of carbonyl (C=O) groups is 2. The van der Waals surface area contributed by atoms with Crippen molar-refractivity contribution in [3.63, 3.8) is 0 Å². The van der Waals surface area contributed by atoms with E-state index in [-0.39, 0.29) is 29.2 Å². The monoisotopic (exact) mass is 372 g/mol. The number of carboxylic acids is 1. The molecule has 0 unspecified atom stereocenters. The smallest absolute Gasteiger partial charge is 0.335 e. The number of hydrogen-bond donors (Lipinski definition) is 3. The Morgan fingerprint density at radius 2 is 1.89 bits per heavy atom. The van der Waals surface area contributed by atoms with Crippen LogP contribution in [-0.2, 0) is 4.79 Å². The molecule has 0 spiro atoms. The van der Waals surface area contributed by atoms with Crippen LogP contribution >= 0.6 is 0 Å². The number of nitrogens with zero attached hydrogens (tertiary/aromatic N) is 2. The SMILES string of the molecule is CC(=O)N[C@H]1CC[C@H](Nc2ncc(F)c(-c3cccc(C(=O)O)c3)n2)CC1. The lowest BCUT2D eigenvalue weighted by Gasteiger charge is -2.29. The molecule has 0 aliphatic heterocycles. The molecule has 1 saturated carbocycles. The molecule has 0 bridgehead atoms. The van der Waals surface area contributed by atoms with Gasteiger partial charge in [0.1, 0.15) is 5.69 Å². The lowest BCUT2D eigenvalue weighted by molar-refractivity contribution is -0.119. The highest BCUT2D eigenvalue weighted by Crippen LogP contribution is 2.25. The molecule has 1 heterocycles. The van der Waals surface area contributed by atoms with Crippen LogP contribution in [0.1, 0.15) is 43.0 Å². The van der Waals surface area contributed by atoms with Crippen LogP contribution in [-0.4, -0.2) is 39.0 Å². The fourth-order valence-electron chi connectivity index (χ4n) is 3.29. The van der Waals surface area contributed by atoms with Crippen LogP contribution in [0.4, 0.5) is 10.3 Å². The highest BCUT2D eigenvalue weighted by molar-refractivity contribution is 5.89. The molecule has 7 nitrogen and oxygen atoms in total. The molecule has 0 radical (unpaired) electrons. The van der Waals surface area contributed by atoms with E-state index in [2.05, 4.69) is 20.6 Å².